The first-order valence-electron chi connectivity index (χ1n) is 7.78. The van der Waals surface area contributed by atoms with Crippen LogP contribution in [0.2, 0.25) is 0 Å². The highest BCUT2D eigenvalue weighted by Crippen LogP contribution is 2.27. The van der Waals surface area contributed by atoms with Crippen LogP contribution in [0.15, 0.2) is 24.3 Å². The number of para-hydroxylation sites is 2. The zero-order chi connectivity index (χ0) is 14.7. The van der Waals surface area contributed by atoms with Gasteiger partial charge in [-0.1, -0.05) is 12.1 Å². The zero-order valence-electron chi connectivity index (χ0n) is 12.3. The third-order valence-corrected chi connectivity index (χ3v) is 4.46. The summed E-state index contributed by atoms with van der Waals surface area (Å²) in [7, 11) is 0. The second-order valence-electron chi connectivity index (χ2n) is 5.84. The van der Waals surface area contributed by atoms with Crippen LogP contribution in [-0.2, 0) is 4.79 Å². The number of piperidine rings is 1. The normalized spacial score (nSPS) is 23.1. The van der Waals surface area contributed by atoms with Crippen molar-refractivity contribution in [1.82, 2.24) is 10.2 Å². The molecule has 1 unspecified atom stereocenters. The van der Waals surface area contributed by atoms with Gasteiger partial charge in [-0.2, -0.15) is 0 Å². The number of phenols is 1. The summed E-state index contributed by atoms with van der Waals surface area (Å²) in [6, 6.07) is 7.40. The maximum atomic E-state index is 12.5. The molecule has 2 N–H and O–H groups in total. The monoisotopic (exact) mass is 289 g/mol. The van der Waals surface area contributed by atoms with Crippen molar-refractivity contribution < 1.29 is 9.90 Å². The predicted molar refractivity (Wildman–Crippen MR) is 82.5 cm³/mol. The van der Waals surface area contributed by atoms with Gasteiger partial charge in [-0.25, -0.2) is 0 Å². The van der Waals surface area contributed by atoms with Crippen LogP contribution in [0.1, 0.15) is 12.8 Å². The summed E-state index contributed by atoms with van der Waals surface area (Å²) in [6.45, 7) is 4.89. The van der Waals surface area contributed by atoms with E-state index in [-0.39, 0.29) is 5.92 Å². The standard InChI is InChI=1S/C16H23N3O2/c20-15-6-2-1-5-14(15)18-8-10-19(11-9-18)16(21)13-4-3-7-17-12-13/h1-2,5-6,13,17,20H,3-4,7-12H2. The van der Waals surface area contributed by atoms with Crippen LogP contribution < -0.4 is 10.2 Å². The summed E-state index contributed by atoms with van der Waals surface area (Å²) < 4.78 is 0. The van der Waals surface area contributed by atoms with Gasteiger partial charge in [-0.3, -0.25) is 4.79 Å². The Morgan fingerprint density at radius 2 is 1.95 bits per heavy atom. The summed E-state index contributed by atoms with van der Waals surface area (Å²) in [4.78, 5) is 16.6. The minimum absolute atomic E-state index is 0.149. The molecule has 1 atom stereocenters. The van der Waals surface area contributed by atoms with Crippen molar-refractivity contribution >= 4 is 11.6 Å². The number of hydrogen-bond acceptors (Lipinski definition) is 4. The van der Waals surface area contributed by atoms with E-state index in [2.05, 4.69) is 10.2 Å². The molecule has 0 aliphatic carbocycles. The van der Waals surface area contributed by atoms with Crippen LogP contribution in [0.3, 0.4) is 0 Å². The lowest BCUT2D eigenvalue weighted by molar-refractivity contribution is -0.136. The Hall–Kier alpha value is -1.75. The highest BCUT2D eigenvalue weighted by atomic mass is 16.3. The summed E-state index contributed by atoms with van der Waals surface area (Å²) >= 11 is 0. The van der Waals surface area contributed by atoms with Gasteiger partial charge in [0.1, 0.15) is 5.75 Å². The summed E-state index contributed by atoms with van der Waals surface area (Å²) in [5, 5.41) is 13.2. The highest BCUT2D eigenvalue weighted by molar-refractivity contribution is 5.79. The number of amides is 1. The maximum absolute atomic E-state index is 12.5. The van der Waals surface area contributed by atoms with Crippen LogP contribution in [0.5, 0.6) is 5.75 Å². The fourth-order valence-electron chi connectivity index (χ4n) is 3.22. The molecule has 114 valence electrons. The van der Waals surface area contributed by atoms with Gasteiger partial charge < -0.3 is 20.2 Å². The number of phenolic OH excluding ortho intramolecular Hbond substituents is 1. The summed E-state index contributed by atoms with van der Waals surface area (Å²) in [5.41, 5.74) is 0.865. The Labute approximate surface area is 125 Å². The molecule has 2 saturated heterocycles. The molecular weight excluding hydrogens is 266 g/mol. The lowest BCUT2D eigenvalue weighted by Gasteiger charge is -2.38. The Kier molecular flexibility index (Phi) is 4.29. The largest absolute Gasteiger partial charge is 0.506 e. The quantitative estimate of drug-likeness (QED) is 0.854. The maximum Gasteiger partial charge on any atom is 0.227 e. The smallest absolute Gasteiger partial charge is 0.227 e. The van der Waals surface area contributed by atoms with Gasteiger partial charge in [0, 0.05) is 32.7 Å². The van der Waals surface area contributed by atoms with Crippen LogP contribution in [0, 0.1) is 5.92 Å². The molecule has 3 rings (SSSR count). The van der Waals surface area contributed by atoms with Crippen LogP contribution in [-0.4, -0.2) is 55.2 Å². The lowest BCUT2D eigenvalue weighted by atomic mass is 9.98. The van der Waals surface area contributed by atoms with Crippen molar-refractivity contribution in [1.29, 1.82) is 0 Å². The van der Waals surface area contributed by atoms with E-state index >= 15 is 0 Å². The second-order valence-corrected chi connectivity index (χ2v) is 5.84. The second kappa shape index (κ2) is 6.35. The Morgan fingerprint density at radius 1 is 1.19 bits per heavy atom. The van der Waals surface area contributed by atoms with Gasteiger partial charge in [-0.15, -0.1) is 0 Å². The van der Waals surface area contributed by atoms with Gasteiger partial charge in [-0.05, 0) is 31.5 Å². The van der Waals surface area contributed by atoms with Crippen molar-refractivity contribution in [2.24, 2.45) is 5.92 Å². The lowest BCUT2D eigenvalue weighted by Crippen LogP contribution is -2.52. The first kappa shape index (κ1) is 14.2. The highest BCUT2D eigenvalue weighted by Gasteiger charge is 2.28. The average Bonchev–Trinajstić information content (AvgIpc) is 2.56. The van der Waals surface area contributed by atoms with Crippen molar-refractivity contribution in [3.63, 3.8) is 0 Å². The van der Waals surface area contributed by atoms with E-state index in [1.807, 2.05) is 23.1 Å². The van der Waals surface area contributed by atoms with Crippen molar-refractivity contribution in [3.8, 4) is 5.75 Å². The number of nitrogens with one attached hydrogen (secondary N) is 1. The van der Waals surface area contributed by atoms with Crippen LogP contribution in [0.25, 0.3) is 0 Å². The average molecular weight is 289 g/mol. The van der Waals surface area contributed by atoms with Gasteiger partial charge in [0.15, 0.2) is 0 Å². The number of piperazine rings is 1. The summed E-state index contributed by atoms with van der Waals surface area (Å²) in [6.07, 6.45) is 2.10. The van der Waals surface area contributed by atoms with E-state index in [1.54, 1.807) is 6.07 Å². The van der Waals surface area contributed by atoms with E-state index in [9.17, 15) is 9.90 Å². The molecule has 5 heteroatoms. The number of carbonyl (C=O) groups excluding carboxylic acids is 1. The zero-order valence-corrected chi connectivity index (χ0v) is 12.3. The fraction of sp³-hybridized carbons (Fsp3) is 0.562. The number of rotatable bonds is 2. The first-order valence-corrected chi connectivity index (χ1v) is 7.78. The minimum Gasteiger partial charge on any atom is -0.506 e. The van der Waals surface area contributed by atoms with E-state index in [0.29, 0.717) is 11.7 Å². The fourth-order valence-corrected chi connectivity index (χ4v) is 3.22. The topological polar surface area (TPSA) is 55.8 Å². The third-order valence-electron chi connectivity index (χ3n) is 4.46. The molecule has 5 nitrogen and oxygen atoms in total. The molecule has 2 fully saturated rings. The minimum atomic E-state index is 0.149. The molecule has 0 saturated carbocycles. The SMILES string of the molecule is O=C(C1CCCNC1)N1CCN(c2ccccc2O)CC1. The Morgan fingerprint density at radius 3 is 2.62 bits per heavy atom. The molecule has 1 aromatic rings. The van der Waals surface area contributed by atoms with E-state index in [1.165, 1.54) is 0 Å². The number of hydrogen-bond donors (Lipinski definition) is 2. The molecule has 1 aromatic carbocycles. The number of nitrogens with zero attached hydrogens (tertiary/aromatic N) is 2. The van der Waals surface area contributed by atoms with Gasteiger partial charge in [0.05, 0.1) is 11.6 Å². The first-order chi connectivity index (χ1) is 10.3. The Bertz CT molecular complexity index is 492. The molecule has 0 radical (unpaired) electrons. The van der Waals surface area contributed by atoms with E-state index < -0.39 is 0 Å². The number of benzene rings is 1. The predicted octanol–water partition coefficient (Wildman–Crippen LogP) is 1.04. The van der Waals surface area contributed by atoms with Crippen molar-refractivity contribution in [3.05, 3.63) is 24.3 Å². The van der Waals surface area contributed by atoms with Crippen LogP contribution in [0.4, 0.5) is 5.69 Å². The number of anilines is 1. The summed E-state index contributed by atoms with van der Waals surface area (Å²) in [5.74, 6) is 0.753. The molecule has 0 aromatic heterocycles. The molecule has 0 spiro atoms. The number of aromatic hydroxyl groups is 1. The van der Waals surface area contributed by atoms with Crippen LogP contribution >= 0.6 is 0 Å². The van der Waals surface area contributed by atoms with Gasteiger partial charge in [0.25, 0.3) is 0 Å². The molecular formula is C16H23N3O2. The molecule has 1 amide bonds. The Balaban J connectivity index is 1.57. The van der Waals surface area contributed by atoms with Gasteiger partial charge in [0.2, 0.25) is 5.91 Å². The molecule has 21 heavy (non-hydrogen) atoms. The number of carbonyl (C=O) groups is 1. The molecule has 2 heterocycles. The van der Waals surface area contributed by atoms with E-state index in [0.717, 1.165) is 57.8 Å². The van der Waals surface area contributed by atoms with Gasteiger partial charge >= 0.3 is 0 Å². The van der Waals surface area contributed by atoms with Crippen molar-refractivity contribution in [2.45, 2.75) is 12.8 Å². The molecule has 2 aliphatic rings. The molecule has 2 aliphatic heterocycles. The molecule has 0 bridgehead atoms. The van der Waals surface area contributed by atoms with Crippen molar-refractivity contribution in [2.75, 3.05) is 44.2 Å². The third kappa shape index (κ3) is 3.13. The van der Waals surface area contributed by atoms with E-state index in [4.69, 9.17) is 0 Å².